The summed E-state index contributed by atoms with van der Waals surface area (Å²) < 4.78 is 12.8. The van der Waals surface area contributed by atoms with Crippen molar-refractivity contribution in [1.29, 1.82) is 0 Å². The lowest BCUT2D eigenvalue weighted by atomic mass is 10.1. The van der Waals surface area contributed by atoms with Crippen LogP contribution in [0, 0.1) is 0 Å². The second kappa shape index (κ2) is 9.97. The van der Waals surface area contributed by atoms with Crippen molar-refractivity contribution in [3.05, 3.63) is 57.6 Å². The molecule has 30 heavy (non-hydrogen) atoms. The van der Waals surface area contributed by atoms with Gasteiger partial charge in [0, 0.05) is 32.4 Å². The molecule has 0 saturated carbocycles. The van der Waals surface area contributed by atoms with Gasteiger partial charge in [-0.15, -0.1) is 0 Å². The predicted molar refractivity (Wildman–Crippen MR) is 117 cm³/mol. The van der Waals surface area contributed by atoms with Gasteiger partial charge in [0.25, 0.3) is 0 Å². The van der Waals surface area contributed by atoms with Crippen molar-refractivity contribution >= 4 is 22.9 Å². The molecule has 0 bridgehead atoms. The number of fused-ring (bicyclic) bond motifs is 1. The molecule has 0 aliphatic carbocycles. The number of aromatic amines is 1. The highest BCUT2D eigenvalue weighted by Crippen LogP contribution is 2.21. The number of rotatable bonds is 9. The second-order valence-electron chi connectivity index (χ2n) is 7.23. The molecule has 1 aliphatic heterocycles. The van der Waals surface area contributed by atoms with Crippen LogP contribution in [0.5, 0.6) is 5.75 Å². The number of hydrogen-bond donors (Lipinski definition) is 2. The zero-order valence-electron chi connectivity index (χ0n) is 16.8. The minimum Gasteiger partial charge on any atom is -0.492 e. The van der Waals surface area contributed by atoms with Crippen molar-refractivity contribution in [1.82, 2.24) is 19.5 Å². The monoisotopic (exact) mass is 431 g/mol. The summed E-state index contributed by atoms with van der Waals surface area (Å²) in [6.07, 6.45) is 3.33. The lowest BCUT2D eigenvalue weighted by Crippen LogP contribution is -2.38. The zero-order valence-corrected chi connectivity index (χ0v) is 17.5. The highest BCUT2D eigenvalue weighted by atomic mass is 35.5. The maximum atomic E-state index is 11.8. The number of H-pyrrole nitrogens is 1. The number of anilines is 1. The van der Waals surface area contributed by atoms with Gasteiger partial charge in [0.2, 0.25) is 0 Å². The van der Waals surface area contributed by atoms with Gasteiger partial charge in [-0.3, -0.25) is 4.90 Å². The smallest absolute Gasteiger partial charge is 0.347 e. The molecule has 2 N–H and O–H groups in total. The highest BCUT2D eigenvalue weighted by molar-refractivity contribution is 6.30. The van der Waals surface area contributed by atoms with Crippen LogP contribution in [0.4, 0.5) is 5.69 Å². The van der Waals surface area contributed by atoms with Crippen molar-refractivity contribution in [2.75, 3.05) is 51.3 Å². The Kier molecular flexibility index (Phi) is 6.88. The Balaban J connectivity index is 1.29. The van der Waals surface area contributed by atoms with Gasteiger partial charge in [-0.1, -0.05) is 29.8 Å². The molecule has 3 heterocycles. The fourth-order valence-electron chi connectivity index (χ4n) is 3.57. The minimum absolute atomic E-state index is 0.307. The van der Waals surface area contributed by atoms with Crippen molar-refractivity contribution in [3.63, 3.8) is 0 Å². The van der Waals surface area contributed by atoms with Crippen molar-refractivity contribution < 1.29 is 9.47 Å². The molecule has 1 aromatic carbocycles. The third-order valence-corrected chi connectivity index (χ3v) is 5.37. The van der Waals surface area contributed by atoms with Crippen LogP contribution in [0.3, 0.4) is 0 Å². The molecule has 1 fully saturated rings. The first-order valence-electron chi connectivity index (χ1n) is 10.2. The highest BCUT2D eigenvalue weighted by Gasteiger charge is 2.11. The van der Waals surface area contributed by atoms with E-state index >= 15 is 0 Å². The summed E-state index contributed by atoms with van der Waals surface area (Å²) >= 11 is 6.12. The van der Waals surface area contributed by atoms with Gasteiger partial charge >= 0.3 is 5.69 Å². The van der Waals surface area contributed by atoms with Crippen LogP contribution in [0.1, 0.15) is 12.0 Å². The molecule has 1 saturated heterocycles. The molecule has 160 valence electrons. The number of halogens is 1. The van der Waals surface area contributed by atoms with Crippen molar-refractivity contribution in [2.45, 2.75) is 12.8 Å². The van der Waals surface area contributed by atoms with Crippen LogP contribution in [0.25, 0.3) is 5.65 Å². The molecule has 3 aromatic rings. The van der Waals surface area contributed by atoms with Crippen LogP contribution in [0.15, 0.2) is 41.3 Å². The summed E-state index contributed by atoms with van der Waals surface area (Å²) in [5.74, 6) is 0.940. The number of aromatic nitrogens is 3. The quantitative estimate of drug-likeness (QED) is 0.506. The average Bonchev–Trinajstić information content (AvgIpc) is 3.13. The maximum Gasteiger partial charge on any atom is 0.347 e. The number of nitrogens with zero attached hydrogens (tertiary/aromatic N) is 3. The molecular weight excluding hydrogens is 406 g/mol. The summed E-state index contributed by atoms with van der Waals surface area (Å²) in [4.78, 5) is 14.1. The van der Waals surface area contributed by atoms with Crippen molar-refractivity contribution in [3.8, 4) is 5.75 Å². The number of hydrogen-bond acceptors (Lipinski definition) is 6. The molecule has 4 rings (SSSR count). The Bertz CT molecular complexity index is 1030. The molecular formula is C21H26ClN5O3. The molecule has 2 aromatic heterocycles. The van der Waals surface area contributed by atoms with Gasteiger partial charge in [-0.2, -0.15) is 5.10 Å². The van der Waals surface area contributed by atoms with Gasteiger partial charge in [-0.25, -0.2) is 14.3 Å². The number of pyridine rings is 1. The summed E-state index contributed by atoms with van der Waals surface area (Å²) in [5.41, 5.74) is 2.15. The predicted octanol–water partition coefficient (Wildman–Crippen LogP) is 2.43. The number of benzene rings is 1. The Hall–Kier alpha value is -2.55. The van der Waals surface area contributed by atoms with Crippen molar-refractivity contribution in [2.24, 2.45) is 0 Å². The first kappa shape index (κ1) is 20.7. The standard InChI is InChI=1S/C21H26ClN5O3/c22-17-14-18(20-24-25-21(28)27(20)15-17)23-7-3-5-16-4-1-2-6-19(16)30-13-10-26-8-11-29-12-9-26/h1-2,4,6,14-15,23H,3,5,7-13H2,(H,25,28). The molecule has 1 aliphatic rings. The van der Waals surface area contributed by atoms with Gasteiger partial charge < -0.3 is 14.8 Å². The Morgan fingerprint density at radius 3 is 2.97 bits per heavy atom. The molecule has 0 spiro atoms. The SMILES string of the molecule is O=c1[nH]nc2c(NCCCc3ccccc3OCCN3CCOCC3)cc(Cl)cn12. The zero-order chi connectivity index (χ0) is 20.8. The van der Waals surface area contributed by atoms with E-state index in [1.165, 1.54) is 9.96 Å². The summed E-state index contributed by atoms with van der Waals surface area (Å²) in [6, 6.07) is 9.95. The van der Waals surface area contributed by atoms with Crippen LogP contribution < -0.4 is 15.7 Å². The third-order valence-electron chi connectivity index (χ3n) is 5.16. The van der Waals surface area contributed by atoms with E-state index in [4.69, 9.17) is 21.1 Å². The molecule has 0 unspecified atom stereocenters. The number of para-hydroxylation sites is 1. The van der Waals surface area contributed by atoms with E-state index in [0.29, 0.717) is 17.3 Å². The molecule has 8 nitrogen and oxygen atoms in total. The van der Waals surface area contributed by atoms with Crippen LogP contribution in [-0.4, -0.2) is 65.5 Å². The maximum absolute atomic E-state index is 11.8. The first-order chi connectivity index (χ1) is 14.7. The Morgan fingerprint density at radius 2 is 2.10 bits per heavy atom. The Morgan fingerprint density at radius 1 is 1.27 bits per heavy atom. The van der Waals surface area contributed by atoms with Gasteiger partial charge in [0.15, 0.2) is 5.65 Å². The average molecular weight is 432 g/mol. The van der Waals surface area contributed by atoms with Crippen LogP contribution in [0.2, 0.25) is 5.02 Å². The van der Waals surface area contributed by atoms with Crippen LogP contribution in [-0.2, 0) is 11.2 Å². The van der Waals surface area contributed by atoms with E-state index in [9.17, 15) is 4.79 Å². The number of ether oxygens (including phenoxy) is 2. The Labute approximate surface area is 179 Å². The van der Waals surface area contributed by atoms with E-state index in [-0.39, 0.29) is 5.69 Å². The molecule has 0 amide bonds. The number of aryl methyl sites for hydroxylation is 1. The number of morpholine rings is 1. The normalized spacial score (nSPS) is 14.8. The van der Waals surface area contributed by atoms with Gasteiger partial charge in [0.1, 0.15) is 12.4 Å². The van der Waals surface area contributed by atoms with Gasteiger partial charge in [-0.05, 0) is 30.5 Å². The van der Waals surface area contributed by atoms with E-state index in [2.05, 4.69) is 26.5 Å². The van der Waals surface area contributed by atoms with E-state index in [0.717, 1.165) is 63.7 Å². The summed E-state index contributed by atoms with van der Waals surface area (Å²) in [6.45, 7) is 5.84. The summed E-state index contributed by atoms with van der Waals surface area (Å²) in [5, 5.41) is 10.3. The van der Waals surface area contributed by atoms with E-state index in [1.807, 2.05) is 18.2 Å². The topological polar surface area (TPSA) is 83.9 Å². The lowest BCUT2D eigenvalue weighted by Gasteiger charge is -2.26. The lowest BCUT2D eigenvalue weighted by molar-refractivity contribution is 0.0322. The van der Waals surface area contributed by atoms with Crippen LogP contribution >= 0.6 is 11.6 Å². The second-order valence-corrected chi connectivity index (χ2v) is 7.67. The molecule has 0 atom stereocenters. The third kappa shape index (κ3) is 5.13. The molecule has 0 radical (unpaired) electrons. The van der Waals surface area contributed by atoms with Gasteiger partial charge in [0.05, 0.1) is 23.9 Å². The van der Waals surface area contributed by atoms with E-state index in [1.54, 1.807) is 12.3 Å². The molecule has 9 heteroatoms. The fourth-order valence-corrected chi connectivity index (χ4v) is 3.78. The fraction of sp³-hybridized carbons (Fsp3) is 0.429. The summed E-state index contributed by atoms with van der Waals surface area (Å²) in [7, 11) is 0. The number of nitrogens with one attached hydrogen (secondary N) is 2. The minimum atomic E-state index is -0.307. The van der Waals surface area contributed by atoms with E-state index < -0.39 is 0 Å². The largest absolute Gasteiger partial charge is 0.492 e. The first-order valence-corrected chi connectivity index (χ1v) is 10.6.